The quantitative estimate of drug-likeness (QED) is 0.205. The summed E-state index contributed by atoms with van der Waals surface area (Å²) in [4.78, 5) is 25.4. The first kappa shape index (κ1) is 31.1. The lowest BCUT2D eigenvalue weighted by Crippen LogP contribution is -2.66. The predicted molar refractivity (Wildman–Crippen MR) is 164 cm³/mol. The first-order chi connectivity index (χ1) is 21.6. The molecule has 1 heterocycles. The molecule has 0 aromatic heterocycles. The Morgan fingerprint density at radius 1 is 0.636 bits per heavy atom. The molecule has 4 aromatic rings. The Labute approximate surface area is 257 Å². The van der Waals surface area contributed by atoms with E-state index in [0.717, 1.165) is 16.7 Å². The fraction of sp³-hybridized carbons (Fsp3) is 0.278. The number of ether oxygens (including phenoxy) is 5. The fourth-order valence-corrected chi connectivity index (χ4v) is 5.07. The normalized spacial score (nSPS) is 21.3. The molecule has 0 spiro atoms. The van der Waals surface area contributed by atoms with Crippen LogP contribution in [0.2, 0.25) is 0 Å². The molecule has 0 bridgehead atoms. The van der Waals surface area contributed by atoms with E-state index in [-0.39, 0.29) is 32.3 Å². The molecule has 1 aliphatic heterocycles. The second-order valence-corrected chi connectivity index (χ2v) is 10.6. The lowest BCUT2D eigenvalue weighted by Gasteiger charge is -2.46. The number of carbonyl (C=O) groups excluding carboxylic acids is 2. The average Bonchev–Trinajstić information content (AvgIpc) is 3.07. The summed E-state index contributed by atoms with van der Waals surface area (Å²) in [6.45, 7) is 2.08. The second kappa shape index (κ2) is 15.9. The van der Waals surface area contributed by atoms with Crippen LogP contribution in [0.1, 0.15) is 34.0 Å². The molecule has 1 saturated heterocycles. The van der Waals surface area contributed by atoms with Gasteiger partial charge in [0.25, 0.3) is 0 Å². The number of hydrogen-bond acceptors (Lipinski definition) is 7. The molecular weight excluding hydrogens is 558 g/mol. The van der Waals surface area contributed by atoms with Crippen LogP contribution in [-0.2, 0) is 48.3 Å². The standard InChI is InChI=1S/C36H37NO7/c1-26(38)37-32-34(41-23-28-16-8-3-9-17-28)33(40-22-27-14-6-2-7-15-27)31(25-42-35(39)30-20-12-5-13-21-30)44-36(32)43-24-29-18-10-4-11-19-29/h2-21,31-34,36H,22-25H2,1H3,(H,37,38)/t31-,32+,33-,34-,36+/m1/s1. The molecule has 0 saturated carbocycles. The van der Waals surface area contributed by atoms with Crippen molar-refractivity contribution in [3.8, 4) is 0 Å². The van der Waals surface area contributed by atoms with Crippen molar-refractivity contribution in [1.29, 1.82) is 0 Å². The van der Waals surface area contributed by atoms with Gasteiger partial charge in [0.15, 0.2) is 6.29 Å². The minimum atomic E-state index is -0.920. The molecule has 1 fully saturated rings. The van der Waals surface area contributed by atoms with Crippen molar-refractivity contribution in [2.75, 3.05) is 6.61 Å². The van der Waals surface area contributed by atoms with Crippen molar-refractivity contribution in [3.63, 3.8) is 0 Å². The van der Waals surface area contributed by atoms with Crippen LogP contribution in [0, 0.1) is 0 Å². The summed E-state index contributed by atoms with van der Waals surface area (Å²) in [7, 11) is 0. The van der Waals surface area contributed by atoms with Crippen molar-refractivity contribution >= 4 is 11.9 Å². The van der Waals surface area contributed by atoms with Gasteiger partial charge in [-0.25, -0.2) is 4.79 Å². The third kappa shape index (κ3) is 8.84. The maximum atomic E-state index is 12.9. The highest BCUT2D eigenvalue weighted by atomic mass is 16.7. The SMILES string of the molecule is CC(=O)N[C@@H]1[C@@H](OCc2ccccc2)O[C@H](COC(=O)c2ccccc2)[C@@H](OCc2ccccc2)[C@@H]1OCc1ccccc1. The lowest BCUT2D eigenvalue weighted by molar-refractivity contribution is -0.290. The third-order valence-corrected chi connectivity index (χ3v) is 7.23. The Morgan fingerprint density at radius 2 is 1.09 bits per heavy atom. The fourth-order valence-electron chi connectivity index (χ4n) is 5.07. The second-order valence-electron chi connectivity index (χ2n) is 10.6. The molecule has 1 N–H and O–H groups in total. The van der Waals surface area contributed by atoms with Crippen molar-refractivity contribution in [2.45, 2.75) is 57.4 Å². The molecule has 0 aliphatic carbocycles. The van der Waals surface area contributed by atoms with Gasteiger partial charge in [-0.1, -0.05) is 109 Å². The predicted octanol–water partition coefficient (Wildman–Crippen LogP) is 5.46. The third-order valence-electron chi connectivity index (χ3n) is 7.23. The Balaban J connectivity index is 1.44. The Morgan fingerprint density at radius 3 is 1.59 bits per heavy atom. The van der Waals surface area contributed by atoms with E-state index in [2.05, 4.69) is 5.32 Å². The maximum absolute atomic E-state index is 12.9. The molecule has 228 valence electrons. The Bertz CT molecular complexity index is 1440. The van der Waals surface area contributed by atoms with Crippen LogP contribution in [0.4, 0.5) is 0 Å². The zero-order valence-corrected chi connectivity index (χ0v) is 24.6. The van der Waals surface area contributed by atoms with Crippen molar-refractivity contribution in [3.05, 3.63) is 144 Å². The van der Waals surface area contributed by atoms with E-state index >= 15 is 0 Å². The first-order valence-electron chi connectivity index (χ1n) is 14.7. The molecule has 5 atom stereocenters. The van der Waals surface area contributed by atoms with Crippen LogP contribution in [0.15, 0.2) is 121 Å². The van der Waals surface area contributed by atoms with Gasteiger partial charge in [0, 0.05) is 6.92 Å². The summed E-state index contributed by atoms with van der Waals surface area (Å²) in [5, 5.41) is 2.99. The van der Waals surface area contributed by atoms with E-state index in [1.165, 1.54) is 6.92 Å². The number of carbonyl (C=O) groups is 2. The summed E-state index contributed by atoms with van der Waals surface area (Å²) >= 11 is 0. The Kier molecular flexibility index (Phi) is 11.3. The first-order valence-corrected chi connectivity index (χ1v) is 14.7. The highest BCUT2D eigenvalue weighted by Gasteiger charge is 2.49. The molecule has 0 radical (unpaired) electrons. The van der Waals surface area contributed by atoms with Gasteiger partial charge in [-0.15, -0.1) is 0 Å². The summed E-state index contributed by atoms with van der Waals surface area (Å²) in [5.74, 6) is -0.750. The molecule has 8 nitrogen and oxygen atoms in total. The van der Waals surface area contributed by atoms with Gasteiger partial charge in [0.1, 0.15) is 31.0 Å². The molecule has 4 aromatic carbocycles. The van der Waals surface area contributed by atoms with Crippen LogP contribution >= 0.6 is 0 Å². The van der Waals surface area contributed by atoms with Crippen molar-refractivity contribution < 1.29 is 33.3 Å². The number of amides is 1. The van der Waals surface area contributed by atoms with Gasteiger partial charge in [-0.05, 0) is 28.8 Å². The smallest absolute Gasteiger partial charge is 0.338 e. The maximum Gasteiger partial charge on any atom is 0.338 e. The number of benzene rings is 4. The lowest BCUT2D eigenvalue weighted by atomic mass is 9.95. The van der Waals surface area contributed by atoms with E-state index in [1.807, 2.05) is 97.1 Å². The molecular formula is C36H37NO7. The monoisotopic (exact) mass is 595 g/mol. The van der Waals surface area contributed by atoms with Crippen LogP contribution in [0.3, 0.4) is 0 Å². The summed E-state index contributed by atoms with van der Waals surface area (Å²) in [6.07, 6.45) is -3.12. The van der Waals surface area contributed by atoms with E-state index < -0.39 is 36.6 Å². The van der Waals surface area contributed by atoms with Gasteiger partial charge < -0.3 is 29.0 Å². The van der Waals surface area contributed by atoms with Gasteiger partial charge in [0.05, 0.1) is 25.4 Å². The van der Waals surface area contributed by atoms with E-state index in [1.54, 1.807) is 24.3 Å². The van der Waals surface area contributed by atoms with Crippen LogP contribution < -0.4 is 5.32 Å². The number of esters is 1. The Hall–Kier alpha value is -4.34. The zero-order valence-electron chi connectivity index (χ0n) is 24.6. The molecule has 1 amide bonds. The molecule has 0 unspecified atom stereocenters. The number of rotatable bonds is 13. The summed E-state index contributed by atoms with van der Waals surface area (Å²) < 4.78 is 31.5. The van der Waals surface area contributed by atoms with Gasteiger partial charge in [-0.3, -0.25) is 4.79 Å². The van der Waals surface area contributed by atoms with Gasteiger partial charge in [0.2, 0.25) is 5.91 Å². The van der Waals surface area contributed by atoms with Crippen LogP contribution in [-0.4, -0.2) is 49.1 Å². The van der Waals surface area contributed by atoms with E-state index in [4.69, 9.17) is 23.7 Å². The van der Waals surface area contributed by atoms with Crippen molar-refractivity contribution in [1.82, 2.24) is 5.32 Å². The molecule has 5 rings (SSSR count). The average molecular weight is 596 g/mol. The summed E-state index contributed by atoms with van der Waals surface area (Å²) in [5.41, 5.74) is 3.27. The summed E-state index contributed by atoms with van der Waals surface area (Å²) in [6, 6.07) is 37.2. The molecule has 44 heavy (non-hydrogen) atoms. The number of hydrogen-bond donors (Lipinski definition) is 1. The number of nitrogens with one attached hydrogen (secondary N) is 1. The van der Waals surface area contributed by atoms with Crippen molar-refractivity contribution in [2.24, 2.45) is 0 Å². The minimum absolute atomic E-state index is 0.115. The van der Waals surface area contributed by atoms with Crippen LogP contribution in [0.5, 0.6) is 0 Å². The van der Waals surface area contributed by atoms with E-state index in [0.29, 0.717) is 5.56 Å². The topological polar surface area (TPSA) is 92.3 Å². The minimum Gasteiger partial charge on any atom is -0.459 e. The zero-order chi connectivity index (χ0) is 30.6. The van der Waals surface area contributed by atoms with Gasteiger partial charge >= 0.3 is 5.97 Å². The largest absolute Gasteiger partial charge is 0.459 e. The van der Waals surface area contributed by atoms with E-state index in [9.17, 15) is 9.59 Å². The highest BCUT2D eigenvalue weighted by Crippen LogP contribution is 2.30. The molecule has 8 heteroatoms. The molecule has 1 aliphatic rings. The highest BCUT2D eigenvalue weighted by molar-refractivity contribution is 5.89. The van der Waals surface area contributed by atoms with Crippen LogP contribution in [0.25, 0.3) is 0 Å². The van der Waals surface area contributed by atoms with Gasteiger partial charge in [-0.2, -0.15) is 0 Å².